The van der Waals surface area contributed by atoms with Gasteiger partial charge in [-0.3, -0.25) is 0 Å². The van der Waals surface area contributed by atoms with Crippen LogP contribution in [0.2, 0.25) is 0 Å². The van der Waals surface area contributed by atoms with E-state index in [0.717, 1.165) is 21.1 Å². The highest BCUT2D eigenvalue weighted by Crippen LogP contribution is 2.23. The molecule has 0 fully saturated rings. The Kier molecular flexibility index (Phi) is 4.61. The van der Waals surface area contributed by atoms with Gasteiger partial charge in [-0.05, 0) is 36.9 Å². The number of thioether (sulfide) groups is 1. The molecule has 0 spiro atoms. The topological polar surface area (TPSA) is 17.1 Å². The predicted octanol–water partition coefficient (Wildman–Crippen LogP) is 4.02. The number of hydrogen-bond acceptors (Lipinski definition) is 2. The van der Waals surface area contributed by atoms with Crippen molar-refractivity contribution < 1.29 is 4.21 Å². The molecule has 2 aromatic carbocycles. The van der Waals surface area contributed by atoms with E-state index < -0.39 is 10.8 Å². The second-order valence-corrected chi connectivity index (χ2v) is 6.44. The SMILES string of the molecule is CSCc1ccccc1S(=O)c1ccc(C)cc1. The maximum absolute atomic E-state index is 12.6. The molecule has 0 aromatic heterocycles. The lowest BCUT2D eigenvalue weighted by atomic mass is 10.2. The summed E-state index contributed by atoms with van der Waals surface area (Å²) in [6.07, 6.45) is 2.06. The molecule has 1 nitrogen and oxygen atoms in total. The molecule has 0 saturated carbocycles. The molecule has 0 aliphatic carbocycles. The predicted molar refractivity (Wildman–Crippen MR) is 79.5 cm³/mol. The zero-order chi connectivity index (χ0) is 13.0. The highest BCUT2D eigenvalue weighted by molar-refractivity contribution is 7.97. The fourth-order valence-corrected chi connectivity index (χ4v) is 3.62. The van der Waals surface area contributed by atoms with Crippen molar-refractivity contribution in [3.05, 3.63) is 59.7 Å². The summed E-state index contributed by atoms with van der Waals surface area (Å²) in [6.45, 7) is 2.04. The monoisotopic (exact) mass is 276 g/mol. The largest absolute Gasteiger partial charge is 0.249 e. The Morgan fingerprint density at radius 3 is 2.39 bits per heavy atom. The van der Waals surface area contributed by atoms with Crippen molar-refractivity contribution in [1.29, 1.82) is 0 Å². The summed E-state index contributed by atoms with van der Waals surface area (Å²) in [5, 5.41) is 0. The molecule has 0 aliphatic rings. The van der Waals surface area contributed by atoms with Gasteiger partial charge in [-0.1, -0.05) is 35.9 Å². The quantitative estimate of drug-likeness (QED) is 0.839. The van der Waals surface area contributed by atoms with Gasteiger partial charge in [-0.25, -0.2) is 4.21 Å². The maximum atomic E-state index is 12.6. The van der Waals surface area contributed by atoms with Gasteiger partial charge in [0.1, 0.15) is 0 Å². The Bertz CT molecular complexity index is 547. The van der Waals surface area contributed by atoms with Gasteiger partial charge in [0.15, 0.2) is 0 Å². The number of hydrogen-bond donors (Lipinski definition) is 0. The summed E-state index contributed by atoms with van der Waals surface area (Å²) in [5.41, 5.74) is 2.34. The minimum atomic E-state index is -1.08. The first-order valence-corrected chi connectivity index (χ1v) is 8.32. The van der Waals surface area contributed by atoms with Gasteiger partial charge in [0.25, 0.3) is 0 Å². The van der Waals surface area contributed by atoms with Crippen LogP contribution in [0.25, 0.3) is 0 Å². The van der Waals surface area contributed by atoms with Crippen LogP contribution in [0.3, 0.4) is 0 Å². The summed E-state index contributed by atoms with van der Waals surface area (Å²) >= 11 is 1.75. The maximum Gasteiger partial charge on any atom is 0.0852 e. The van der Waals surface area contributed by atoms with E-state index in [1.807, 2.05) is 49.4 Å². The van der Waals surface area contributed by atoms with Crippen LogP contribution >= 0.6 is 11.8 Å². The van der Waals surface area contributed by atoms with E-state index in [9.17, 15) is 4.21 Å². The van der Waals surface area contributed by atoms with Gasteiger partial charge in [0, 0.05) is 15.5 Å². The molecule has 1 unspecified atom stereocenters. The van der Waals surface area contributed by atoms with E-state index in [1.54, 1.807) is 11.8 Å². The Morgan fingerprint density at radius 1 is 1.06 bits per heavy atom. The van der Waals surface area contributed by atoms with Crippen LogP contribution in [-0.4, -0.2) is 10.5 Å². The van der Waals surface area contributed by atoms with Gasteiger partial charge in [0.05, 0.1) is 10.8 Å². The van der Waals surface area contributed by atoms with Crippen LogP contribution in [0, 0.1) is 6.92 Å². The average molecular weight is 276 g/mol. The molecule has 2 aromatic rings. The first-order valence-electron chi connectivity index (χ1n) is 5.77. The normalized spacial score (nSPS) is 12.3. The Labute approximate surface area is 115 Å². The van der Waals surface area contributed by atoms with E-state index in [1.165, 1.54) is 5.56 Å². The van der Waals surface area contributed by atoms with Crippen molar-refractivity contribution in [2.45, 2.75) is 22.5 Å². The number of aryl methyl sites for hydroxylation is 1. The number of rotatable bonds is 4. The fourth-order valence-electron chi connectivity index (χ4n) is 1.75. The lowest BCUT2D eigenvalue weighted by Crippen LogP contribution is -1.97. The van der Waals surface area contributed by atoms with E-state index in [4.69, 9.17) is 0 Å². The van der Waals surface area contributed by atoms with Crippen LogP contribution in [0.5, 0.6) is 0 Å². The average Bonchev–Trinajstić information content (AvgIpc) is 2.40. The molecule has 0 aliphatic heterocycles. The molecule has 1 atom stereocenters. The third-order valence-corrected chi connectivity index (χ3v) is 4.80. The fraction of sp³-hybridized carbons (Fsp3) is 0.200. The van der Waals surface area contributed by atoms with Gasteiger partial charge in [-0.2, -0.15) is 11.8 Å². The molecule has 0 amide bonds. The van der Waals surface area contributed by atoms with Crippen molar-refractivity contribution >= 4 is 22.6 Å². The van der Waals surface area contributed by atoms with Crippen LogP contribution in [0.1, 0.15) is 11.1 Å². The third-order valence-electron chi connectivity index (χ3n) is 2.71. The molecule has 94 valence electrons. The van der Waals surface area contributed by atoms with Crippen LogP contribution in [0.4, 0.5) is 0 Å². The van der Waals surface area contributed by atoms with E-state index >= 15 is 0 Å². The lowest BCUT2D eigenvalue weighted by Gasteiger charge is -2.08. The second-order valence-electron chi connectivity index (χ2n) is 4.12. The third kappa shape index (κ3) is 3.03. The summed E-state index contributed by atoms with van der Waals surface area (Å²) in [5.74, 6) is 0.897. The summed E-state index contributed by atoms with van der Waals surface area (Å²) in [6, 6.07) is 15.9. The van der Waals surface area contributed by atoms with Gasteiger partial charge in [-0.15, -0.1) is 0 Å². The smallest absolute Gasteiger partial charge is 0.0852 e. The standard InChI is InChI=1S/C15H16OS2/c1-12-7-9-14(10-8-12)18(16)15-6-4-3-5-13(15)11-17-2/h3-10H,11H2,1-2H3. The summed E-state index contributed by atoms with van der Waals surface area (Å²) < 4.78 is 12.6. The summed E-state index contributed by atoms with van der Waals surface area (Å²) in [4.78, 5) is 1.80. The van der Waals surface area contributed by atoms with Crippen molar-refractivity contribution in [2.75, 3.05) is 6.26 Å². The van der Waals surface area contributed by atoms with Crippen LogP contribution in [-0.2, 0) is 16.6 Å². The molecule has 0 saturated heterocycles. The highest BCUT2D eigenvalue weighted by Gasteiger charge is 2.10. The Hall–Kier alpha value is -1.06. The molecule has 2 rings (SSSR count). The molecule has 18 heavy (non-hydrogen) atoms. The zero-order valence-corrected chi connectivity index (χ0v) is 12.2. The zero-order valence-electron chi connectivity index (χ0n) is 10.6. The van der Waals surface area contributed by atoms with Crippen LogP contribution in [0.15, 0.2) is 58.3 Å². The lowest BCUT2D eigenvalue weighted by molar-refractivity contribution is 0.682. The van der Waals surface area contributed by atoms with Gasteiger partial charge in [0.2, 0.25) is 0 Å². The first-order chi connectivity index (χ1) is 8.72. The molecule has 0 N–H and O–H groups in total. The summed E-state index contributed by atoms with van der Waals surface area (Å²) in [7, 11) is -1.08. The van der Waals surface area contributed by atoms with Gasteiger partial charge < -0.3 is 0 Å². The second kappa shape index (κ2) is 6.21. The van der Waals surface area contributed by atoms with Crippen molar-refractivity contribution in [3.8, 4) is 0 Å². The van der Waals surface area contributed by atoms with E-state index in [-0.39, 0.29) is 0 Å². The minimum absolute atomic E-state index is 0.870. The van der Waals surface area contributed by atoms with Crippen LogP contribution < -0.4 is 0 Å². The van der Waals surface area contributed by atoms with Crippen molar-refractivity contribution in [3.63, 3.8) is 0 Å². The van der Waals surface area contributed by atoms with Crippen molar-refractivity contribution in [1.82, 2.24) is 0 Å². The van der Waals surface area contributed by atoms with Crippen molar-refractivity contribution in [2.24, 2.45) is 0 Å². The Morgan fingerprint density at radius 2 is 1.72 bits per heavy atom. The molecular formula is C15H16OS2. The molecule has 0 heterocycles. The number of benzene rings is 2. The van der Waals surface area contributed by atoms with E-state index in [2.05, 4.69) is 12.3 Å². The Balaban J connectivity index is 2.36. The molecule has 3 heteroatoms. The van der Waals surface area contributed by atoms with Gasteiger partial charge >= 0.3 is 0 Å². The molecule has 0 bridgehead atoms. The molecule has 0 radical (unpaired) electrons. The minimum Gasteiger partial charge on any atom is -0.249 e. The van der Waals surface area contributed by atoms with E-state index in [0.29, 0.717) is 0 Å². The highest BCUT2D eigenvalue weighted by atomic mass is 32.2. The molecular weight excluding hydrogens is 260 g/mol. The first kappa shape index (κ1) is 13.4.